The van der Waals surface area contributed by atoms with Gasteiger partial charge in [0, 0.05) is 24.3 Å². The fraction of sp³-hybridized carbons (Fsp3) is 0.208. The first kappa shape index (κ1) is 27.8. The van der Waals surface area contributed by atoms with E-state index in [0.29, 0.717) is 6.20 Å². The first-order valence-corrected chi connectivity index (χ1v) is 14.2. The Bertz CT molecular complexity index is 1930. The van der Waals surface area contributed by atoms with E-state index in [1.807, 2.05) is 0 Å². The average molecular weight is 602 g/mol. The van der Waals surface area contributed by atoms with Crippen LogP contribution < -0.4 is 0 Å². The number of hydrogen-bond acceptors (Lipinski definition) is 6. The van der Waals surface area contributed by atoms with Crippen LogP contribution in [0.2, 0.25) is 0 Å². The molecule has 0 aliphatic carbocycles. The minimum Gasteiger partial charge on any atom is -0.310 e. The van der Waals surface area contributed by atoms with Gasteiger partial charge in [-0.3, -0.25) is 4.40 Å². The normalized spacial score (nSPS) is 13.8. The highest BCUT2D eigenvalue weighted by molar-refractivity contribution is 7.91. The summed E-state index contributed by atoms with van der Waals surface area (Å²) < 4.78 is 122. The number of pyridine rings is 2. The van der Waals surface area contributed by atoms with Crippen LogP contribution in [0.1, 0.15) is 18.1 Å². The standard InChI is InChI=1S/C24H17F6N5O3S2/c1-3-40(37,38)22-19(21-32-16-10-13(23(25,26)27)12-31-20(16)34(21)2)33-18-11-14(8-9-35(18)22)39(36)17-7-5-4-6-15(17)24(28,29)30/h4-12H,3H2,1-2H3. The summed E-state index contributed by atoms with van der Waals surface area (Å²) >= 11 is 0. The summed E-state index contributed by atoms with van der Waals surface area (Å²) in [6, 6.07) is 7.52. The van der Waals surface area contributed by atoms with E-state index < -0.39 is 49.0 Å². The van der Waals surface area contributed by atoms with Gasteiger partial charge in [0.25, 0.3) is 0 Å². The van der Waals surface area contributed by atoms with Crippen LogP contribution in [0.3, 0.4) is 0 Å². The van der Waals surface area contributed by atoms with E-state index in [2.05, 4.69) is 15.0 Å². The number of halogens is 6. The maximum atomic E-state index is 13.5. The molecule has 0 radical (unpaired) electrons. The molecule has 1 atom stereocenters. The second-order valence-corrected chi connectivity index (χ2v) is 12.2. The summed E-state index contributed by atoms with van der Waals surface area (Å²) in [5.41, 5.74) is -2.55. The van der Waals surface area contributed by atoms with E-state index in [4.69, 9.17) is 0 Å². The van der Waals surface area contributed by atoms with Crippen LogP contribution in [0.15, 0.2) is 69.7 Å². The van der Waals surface area contributed by atoms with E-state index in [1.54, 1.807) is 0 Å². The Balaban J connectivity index is 1.72. The number of aromatic nitrogens is 5. The number of alkyl halides is 6. The van der Waals surface area contributed by atoms with Gasteiger partial charge in [-0.15, -0.1) is 0 Å². The van der Waals surface area contributed by atoms with Crippen molar-refractivity contribution >= 4 is 37.4 Å². The van der Waals surface area contributed by atoms with Crippen LogP contribution in [0.4, 0.5) is 26.3 Å². The second kappa shape index (κ2) is 9.40. The molecule has 0 N–H and O–H groups in total. The molecule has 0 fully saturated rings. The van der Waals surface area contributed by atoms with E-state index in [9.17, 15) is 39.0 Å². The highest BCUT2D eigenvalue weighted by Crippen LogP contribution is 2.36. The van der Waals surface area contributed by atoms with Crippen molar-refractivity contribution in [1.82, 2.24) is 23.9 Å². The molecular weight excluding hydrogens is 584 g/mol. The van der Waals surface area contributed by atoms with Crippen molar-refractivity contribution in [2.75, 3.05) is 5.75 Å². The molecule has 0 amide bonds. The van der Waals surface area contributed by atoms with Crippen LogP contribution in [0.5, 0.6) is 0 Å². The van der Waals surface area contributed by atoms with Crippen LogP contribution >= 0.6 is 0 Å². The van der Waals surface area contributed by atoms with E-state index in [-0.39, 0.29) is 44.0 Å². The van der Waals surface area contributed by atoms with Gasteiger partial charge in [0.15, 0.2) is 26.3 Å². The monoisotopic (exact) mass is 601 g/mol. The third-order valence-corrected chi connectivity index (χ3v) is 9.26. The molecule has 5 rings (SSSR count). The highest BCUT2D eigenvalue weighted by atomic mass is 32.2. The zero-order valence-electron chi connectivity index (χ0n) is 20.4. The molecule has 16 heteroatoms. The lowest BCUT2D eigenvalue weighted by molar-refractivity contribution is -0.140. The topological polar surface area (TPSA) is 99.2 Å². The quantitative estimate of drug-likeness (QED) is 0.254. The van der Waals surface area contributed by atoms with Crippen molar-refractivity contribution in [3.63, 3.8) is 0 Å². The SMILES string of the molecule is CCS(=O)(=O)c1c(-c2nc3cc(C(F)(F)F)cnc3n2C)nc2cc(S(=O)c3ccccc3C(F)(F)F)ccn12. The molecule has 210 valence electrons. The number of imidazole rings is 2. The number of sulfone groups is 1. The third-order valence-electron chi connectivity index (χ3n) is 6.08. The van der Waals surface area contributed by atoms with Crippen LogP contribution in [-0.2, 0) is 40.0 Å². The molecule has 4 heterocycles. The zero-order chi connectivity index (χ0) is 29.2. The molecule has 0 saturated heterocycles. The fourth-order valence-corrected chi connectivity index (χ4v) is 6.53. The van der Waals surface area contributed by atoms with Gasteiger partial charge in [0.1, 0.15) is 16.9 Å². The molecule has 1 unspecified atom stereocenters. The fourth-order valence-electron chi connectivity index (χ4n) is 4.13. The summed E-state index contributed by atoms with van der Waals surface area (Å²) in [5.74, 6) is -0.483. The zero-order valence-corrected chi connectivity index (χ0v) is 22.1. The lowest BCUT2D eigenvalue weighted by atomic mass is 10.2. The maximum absolute atomic E-state index is 13.5. The lowest BCUT2D eigenvalue weighted by Gasteiger charge is -2.12. The summed E-state index contributed by atoms with van der Waals surface area (Å²) in [7, 11) is -4.93. The number of nitrogens with zero attached hydrogens (tertiary/aromatic N) is 5. The number of rotatable bonds is 5. The van der Waals surface area contributed by atoms with E-state index >= 15 is 0 Å². The maximum Gasteiger partial charge on any atom is 0.417 e. The molecule has 0 aliphatic rings. The van der Waals surface area contributed by atoms with Gasteiger partial charge in [-0.25, -0.2) is 27.6 Å². The number of fused-ring (bicyclic) bond motifs is 2. The molecule has 0 bridgehead atoms. The molecule has 40 heavy (non-hydrogen) atoms. The second-order valence-electron chi connectivity index (χ2n) is 8.58. The van der Waals surface area contributed by atoms with Gasteiger partial charge >= 0.3 is 12.4 Å². The first-order chi connectivity index (χ1) is 18.6. The molecule has 1 aromatic carbocycles. The molecule has 8 nitrogen and oxygen atoms in total. The summed E-state index contributed by atoms with van der Waals surface area (Å²) in [5, 5.41) is -0.340. The summed E-state index contributed by atoms with van der Waals surface area (Å²) in [6.07, 6.45) is -7.61. The Morgan fingerprint density at radius 2 is 1.68 bits per heavy atom. The molecule has 0 spiro atoms. The van der Waals surface area contributed by atoms with Gasteiger partial charge in [0.2, 0.25) is 0 Å². The van der Waals surface area contributed by atoms with Gasteiger partial charge in [-0.05, 0) is 30.3 Å². The molecule has 4 aromatic heterocycles. The lowest BCUT2D eigenvalue weighted by Crippen LogP contribution is -2.11. The smallest absolute Gasteiger partial charge is 0.310 e. The van der Waals surface area contributed by atoms with Crippen LogP contribution in [0, 0.1) is 0 Å². The van der Waals surface area contributed by atoms with Crippen molar-refractivity contribution in [1.29, 1.82) is 0 Å². The molecular formula is C24H17F6N5O3S2. The van der Waals surface area contributed by atoms with Gasteiger partial charge < -0.3 is 4.57 Å². The Morgan fingerprint density at radius 1 is 0.975 bits per heavy atom. The van der Waals surface area contributed by atoms with Crippen molar-refractivity contribution in [2.45, 2.75) is 34.1 Å². The number of benzene rings is 1. The molecule has 5 aromatic rings. The number of hydrogen-bond donors (Lipinski definition) is 0. The Kier molecular flexibility index (Phi) is 6.52. The Hall–Kier alpha value is -3.79. The highest BCUT2D eigenvalue weighted by Gasteiger charge is 2.36. The Morgan fingerprint density at radius 3 is 2.33 bits per heavy atom. The van der Waals surface area contributed by atoms with Gasteiger partial charge in [0.05, 0.1) is 32.6 Å². The minimum atomic E-state index is -4.76. The predicted octanol–water partition coefficient (Wildman–Crippen LogP) is 5.28. The van der Waals surface area contributed by atoms with Crippen molar-refractivity contribution in [2.24, 2.45) is 7.05 Å². The largest absolute Gasteiger partial charge is 0.417 e. The van der Waals surface area contributed by atoms with Crippen LogP contribution in [-0.4, -0.2) is 42.3 Å². The van der Waals surface area contributed by atoms with E-state index in [1.165, 1.54) is 49.0 Å². The number of aryl methyl sites for hydroxylation is 1. The summed E-state index contributed by atoms with van der Waals surface area (Å²) in [6.45, 7) is 1.38. The van der Waals surface area contributed by atoms with E-state index in [0.717, 1.165) is 22.6 Å². The third kappa shape index (κ3) is 4.64. The molecule has 0 aliphatic heterocycles. The minimum absolute atomic E-state index is 0.0328. The van der Waals surface area contributed by atoms with Gasteiger partial charge in [-0.1, -0.05) is 19.1 Å². The molecule has 0 saturated carbocycles. The predicted molar refractivity (Wildman–Crippen MR) is 132 cm³/mol. The van der Waals surface area contributed by atoms with Crippen LogP contribution in [0.25, 0.3) is 28.3 Å². The average Bonchev–Trinajstić information content (AvgIpc) is 3.44. The summed E-state index contributed by atoms with van der Waals surface area (Å²) in [4.78, 5) is 11.8. The Labute approximate surface area is 224 Å². The van der Waals surface area contributed by atoms with Crippen molar-refractivity contribution < 1.29 is 39.0 Å². The first-order valence-electron chi connectivity index (χ1n) is 11.4. The van der Waals surface area contributed by atoms with Crippen molar-refractivity contribution in [3.8, 4) is 11.5 Å². The van der Waals surface area contributed by atoms with Gasteiger partial charge in [-0.2, -0.15) is 26.3 Å². The van der Waals surface area contributed by atoms with Crippen molar-refractivity contribution in [3.05, 3.63) is 66.0 Å².